The lowest BCUT2D eigenvalue weighted by Crippen LogP contribution is -2.33. The molecule has 0 aromatic heterocycles. The molecule has 0 unspecified atom stereocenters. The van der Waals surface area contributed by atoms with Crippen LogP contribution in [-0.2, 0) is 10.3 Å². The van der Waals surface area contributed by atoms with Crippen molar-refractivity contribution in [1.82, 2.24) is 0 Å². The lowest BCUT2D eigenvalue weighted by molar-refractivity contribution is 0.226. The van der Waals surface area contributed by atoms with E-state index in [1.54, 1.807) is 6.08 Å². The number of methoxy groups -OCH3 is 1. The van der Waals surface area contributed by atoms with Crippen molar-refractivity contribution >= 4 is 6.08 Å². The van der Waals surface area contributed by atoms with E-state index < -0.39 is 11.4 Å². The molecule has 1 aromatic rings. The number of aliphatic imine (C=N–C) groups is 1. The van der Waals surface area contributed by atoms with Crippen LogP contribution in [0.3, 0.4) is 0 Å². The predicted molar refractivity (Wildman–Crippen MR) is 72.2 cm³/mol. The lowest BCUT2D eigenvalue weighted by Gasteiger charge is -2.38. The highest BCUT2D eigenvalue weighted by atomic mass is 19.1. The number of hydrogen-bond donors (Lipinski definition) is 0. The Labute approximate surface area is 121 Å². The Morgan fingerprint density at radius 2 is 2.10 bits per heavy atom. The summed E-state index contributed by atoms with van der Waals surface area (Å²) in [6, 6.07) is 1.26. The van der Waals surface area contributed by atoms with Crippen LogP contribution in [0.4, 0.5) is 4.39 Å². The molecule has 6 heteroatoms. The highest BCUT2D eigenvalue weighted by Gasteiger charge is 2.45. The van der Waals surface area contributed by atoms with E-state index in [2.05, 4.69) is 4.99 Å². The summed E-state index contributed by atoms with van der Waals surface area (Å²) < 4.78 is 30.8. The predicted octanol–water partition coefficient (Wildman–Crippen LogP) is 2.71. The van der Waals surface area contributed by atoms with Gasteiger partial charge in [-0.1, -0.05) is 0 Å². The van der Waals surface area contributed by atoms with Gasteiger partial charge in [0.1, 0.15) is 5.54 Å². The second-order valence-electron chi connectivity index (χ2n) is 5.23. The maximum Gasteiger partial charge on any atom is 0.235 e. The Morgan fingerprint density at radius 1 is 1.33 bits per heavy atom. The first-order chi connectivity index (χ1) is 10.2. The Morgan fingerprint density at radius 3 is 2.71 bits per heavy atom. The SMILES string of the molecule is COc1c(F)cc2c(c1C1(N=C=O)CCC1)OCCCO2. The van der Waals surface area contributed by atoms with Gasteiger partial charge in [-0.3, -0.25) is 0 Å². The number of nitrogens with zero attached hydrogens (tertiary/aromatic N) is 1. The first-order valence-corrected chi connectivity index (χ1v) is 6.97. The Balaban J connectivity index is 2.25. The Hall–Kier alpha value is -2.07. The molecule has 3 rings (SSSR count). The van der Waals surface area contributed by atoms with E-state index in [9.17, 15) is 9.18 Å². The lowest BCUT2D eigenvalue weighted by atomic mass is 9.71. The molecule has 1 saturated carbocycles. The molecule has 0 amide bonds. The van der Waals surface area contributed by atoms with E-state index in [4.69, 9.17) is 14.2 Å². The zero-order valence-corrected chi connectivity index (χ0v) is 11.8. The number of isocyanates is 1. The Bertz CT molecular complexity index is 606. The third-order valence-corrected chi connectivity index (χ3v) is 4.06. The van der Waals surface area contributed by atoms with Crippen LogP contribution in [0.5, 0.6) is 17.2 Å². The molecule has 1 aliphatic carbocycles. The van der Waals surface area contributed by atoms with E-state index in [0.717, 1.165) is 6.42 Å². The summed E-state index contributed by atoms with van der Waals surface area (Å²) >= 11 is 0. The van der Waals surface area contributed by atoms with Gasteiger partial charge in [0, 0.05) is 12.5 Å². The van der Waals surface area contributed by atoms with E-state index >= 15 is 0 Å². The average Bonchev–Trinajstić information content (AvgIpc) is 2.66. The monoisotopic (exact) mass is 293 g/mol. The number of benzene rings is 1. The standard InChI is InChI=1S/C15H16FNO4/c1-19-13-10(16)8-11-14(21-7-3-6-20-11)12(13)15(17-9-18)4-2-5-15/h8H,2-7H2,1H3. The van der Waals surface area contributed by atoms with Crippen molar-refractivity contribution in [2.45, 2.75) is 31.2 Å². The fourth-order valence-electron chi connectivity index (χ4n) is 2.90. The molecule has 1 aliphatic heterocycles. The molecule has 0 bridgehead atoms. The highest BCUT2D eigenvalue weighted by Crippen LogP contribution is 2.55. The summed E-state index contributed by atoms with van der Waals surface area (Å²) in [7, 11) is 1.39. The van der Waals surface area contributed by atoms with Gasteiger partial charge in [-0.15, -0.1) is 0 Å². The molecule has 21 heavy (non-hydrogen) atoms. The van der Waals surface area contributed by atoms with Crippen molar-refractivity contribution in [1.29, 1.82) is 0 Å². The fourth-order valence-corrected chi connectivity index (χ4v) is 2.90. The molecule has 5 nitrogen and oxygen atoms in total. The number of hydrogen-bond acceptors (Lipinski definition) is 5. The number of carbonyl (C=O) groups excluding carboxylic acids is 1. The van der Waals surface area contributed by atoms with E-state index in [0.29, 0.717) is 49.5 Å². The molecular weight excluding hydrogens is 277 g/mol. The van der Waals surface area contributed by atoms with Crippen LogP contribution in [0.25, 0.3) is 0 Å². The molecule has 0 spiro atoms. The second-order valence-corrected chi connectivity index (χ2v) is 5.23. The summed E-state index contributed by atoms with van der Waals surface area (Å²) in [5.41, 5.74) is -0.344. The molecule has 0 atom stereocenters. The summed E-state index contributed by atoms with van der Waals surface area (Å²) in [4.78, 5) is 14.7. The topological polar surface area (TPSA) is 57.1 Å². The van der Waals surface area contributed by atoms with Crippen LogP contribution in [0.1, 0.15) is 31.2 Å². The number of ether oxygens (including phenoxy) is 3. The number of rotatable bonds is 3. The Kier molecular flexibility index (Phi) is 3.55. The molecule has 112 valence electrons. The van der Waals surface area contributed by atoms with Crippen LogP contribution >= 0.6 is 0 Å². The highest BCUT2D eigenvalue weighted by molar-refractivity contribution is 5.60. The summed E-state index contributed by atoms with van der Waals surface area (Å²) in [6.07, 6.45) is 4.49. The summed E-state index contributed by atoms with van der Waals surface area (Å²) in [5, 5.41) is 0. The normalized spacial score (nSPS) is 19.0. The van der Waals surface area contributed by atoms with Crippen LogP contribution in [0.15, 0.2) is 11.1 Å². The van der Waals surface area contributed by atoms with Crippen molar-refractivity contribution in [3.05, 3.63) is 17.4 Å². The van der Waals surface area contributed by atoms with E-state index in [-0.39, 0.29) is 5.75 Å². The van der Waals surface area contributed by atoms with Gasteiger partial charge in [-0.05, 0) is 19.3 Å². The molecule has 0 N–H and O–H groups in total. The zero-order valence-electron chi connectivity index (χ0n) is 11.8. The van der Waals surface area contributed by atoms with Gasteiger partial charge in [-0.25, -0.2) is 9.18 Å². The quantitative estimate of drug-likeness (QED) is 0.635. The van der Waals surface area contributed by atoms with Crippen molar-refractivity contribution in [2.24, 2.45) is 4.99 Å². The van der Waals surface area contributed by atoms with Gasteiger partial charge in [0.05, 0.1) is 25.9 Å². The maximum absolute atomic E-state index is 14.3. The smallest absolute Gasteiger partial charge is 0.235 e. The molecule has 1 aromatic carbocycles. The van der Waals surface area contributed by atoms with Gasteiger partial charge in [0.25, 0.3) is 0 Å². The first-order valence-electron chi connectivity index (χ1n) is 6.97. The second kappa shape index (κ2) is 5.37. The van der Waals surface area contributed by atoms with E-state index in [1.807, 2.05) is 0 Å². The van der Waals surface area contributed by atoms with Crippen molar-refractivity contribution < 1.29 is 23.4 Å². The van der Waals surface area contributed by atoms with Gasteiger partial charge < -0.3 is 14.2 Å². The number of fused-ring (bicyclic) bond motifs is 1. The van der Waals surface area contributed by atoms with Gasteiger partial charge in [-0.2, -0.15) is 4.99 Å². The van der Waals surface area contributed by atoms with E-state index in [1.165, 1.54) is 13.2 Å². The number of halogens is 1. The van der Waals surface area contributed by atoms with Crippen LogP contribution < -0.4 is 14.2 Å². The third kappa shape index (κ3) is 2.16. The minimum absolute atomic E-state index is 0.0675. The van der Waals surface area contributed by atoms with Crippen molar-refractivity contribution in [3.63, 3.8) is 0 Å². The van der Waals surface area contributed by atoms with Gasteiger partial charge in [0.2, 0.25) is 6.08 Å². The minimum atomic E-state index is -0.813. The average molecular weight is 293 g/mol. The van der Waals surface area contributed by atoms with Crippen LogP contribution in [0, 0.1) is 5.82 Å². The molecular formula is C15H16FNO4. The summed E-state index contributed by atoms with van der Waals surface area (Å²) in [5.74, 6) is 0.305. The zero-order chi connectivity index (χ0) is 14.9. The maximum atomic E-state index is 14.3. The molecule has 2 aliphatic rings. The summed E-state index contributed by atoms with van der Waals surface area (Å²) in [6.45, 7) is 0.928. The van der Waals surface area contributed by atoms with Crippen LogP contribution in [-0.4, -0.2) is 26.4 Å². The molecule has 1 fully saturated rings. The van der Waals surface area contributed by atoms with Crippen molar-refractivity contribution in [3.8, 4) is 17.2 Å². The molecule has 0 saturated heterocycles. The van der Waals surface area contributed by atoms with Crippen LogP contribution in [0.2, 0.25) is 0 Å². The molecule has 1 heterocycles. The fraction of sp³-hybridized carbons (Fsp3) is 0.533. The van der Waals surface area contributed by atoms with Crippen molar-refractivity contribution in [2.75, 3.05) is 20.3 Å². The minimum Gasteiger partial charge on any atom is -0.493 e. The first kappa shape index (κ1) is 13.9. The largest absolute Gasteiger partial charge is 0.493 e. The third-order valence-electron chi connectivity index (χ3n) is 4.06. The molecule has 0 radical (unpaired) electrons. The van der Waals surface area contributed by atoms with Gasteiger partial charge >= 0.3 is 0 Å². The van der Waals surface area contributed by atoms with Gasteiger partial charge in [0.15, 0.2) is 23.1 Å².